The van der Waals surface area contributed by atoms with Crippen LogP contribution in [0.3, 0.4) is 0 Å². The molecule has 3 aliphatic rings. The quantitative estimate of drug-likeness (QED) is 0.733. The van der Waals surface area contributed by atoms with Gasteiger partial charge in [-0.15, -0.1) is 11.8 Å². The molecule has 0 aliphatic carbocycles. The molecular weight excluding hydrogens is 410 g/mol. The van der Waals surface area contributed by atoms with E-state index in [1.165, 1.54) is 21.6 Å². The van der Waals surface area contributed by atoms with Crippen LogP contribution in [0.2, 0.25) is 0 Å². The maximum atomic E-state index is 13.2. The molecule has 0 spiro atoms. The van der Waals surface area contributed by atoms with Crippen LogP contribution in [0.4, 0.5) is 4.79 Å². The predicted octanol–water partition coefficient (Wildman–Crippen LogP) is 3.48. The number of nitrogens with zero attached hydrogens (tertiary/aromatic N) is 3. The smallest absolute Gasteiger partial charge is 0.320 e. The Kier molecular flexibility index (Phi) is 5.96. The van der Waals surface area contributed by atoms with Crippen molar-refractivity contribution in [1.82, 2.24) is 14.7 Å². The molecule has 0 saturated carbocycles. The molecule has 7 heteroatoms. The summed E-state index contributed by atoms with van der Waals surface area (Å²) >= 11 is 1.82. The molecule has 0 atom stereocenters. The molecule has 1 fully saturated rings. The Balaban J connectivity index is 1.18. The second-order valence-corrected chi connectivity index (χ2v) is 9.47. The Morgan fingerprint density at radius 2 is 1.90 bits per heavy atom. The molecule has 6 nitrogen and oxygen atoms in total. The first kappa shape index (κ1) is 20.5. The van der Waals surface area contributed by atoms with Gasteiger partial charge in [0, 0.05) is 62.9 Å². The second-order valence-electron chi connectivity index (χ2n) is 8.33. The topological polar surface area (TPSA) is 45.2 Å². The van der Waals surface area contributed by atoms with Gasteiger partial charge in [-0.1, -0.05) is 12.1 Å². The summed E-state index contributed by atoms with van der Waals surface area (Å²) in [5.41, 5.74) is 3.83. The average molecular weight is 440 g/mol. The van der Waals surface area contributed by atoms with Crippen molar-refractivity contribution in [2.75, 3.05) is 52.2 Å². The van der Waals surface area contributed by atoms with Gasteiger partial charge in [0.1, 0.15) is 11.5 Å². The first-order chi connectivity index (χ1) is 15.2. The lowest BCUT2D eigenvalue weighted by Gasteiger charge is -2.37. The van der Waals surface area contributed by atoms with E-state index >= 15 is 0 Å². The first-order valence-electron chi connectivity index (χ1n) is 11.0. The van der Waals surface area contributed by atoms with Gasteiger partial charge < -0.3 is 19.3 Å². The molecule has 31 heavy (non-hydrogen) atoms. The Labute approximate surface area is 188 Å². The molecular formula is C24H29N3O3S. The third-order valence-corrected chi connectivity index (χ3v) is 7.42. The number of rotatable bonds is 3. The van der Waals surface area contributed by atoms with Crippen LogP contribution in [0.5, 0.6) is 11.5 Å². The number of fused-ring (bicyclic) bond motifs is 2. The summed E-state index contributed by atoms with van der Waals surface area (Å²) in [6, 6.07) is 12.9. The number of hydrogen-bond acceptors (Lipinski definition) is 5. The number of methoxy groups -OCH3 is 1. The van der Waals surface area contributed by atoms with Gasteiger partial charge in [-0.25, -0.2) is 4.79 Å². The fraction of sp³-hybridized carbons (Fsp3) is 0.458. The Bertz CT molecular complexity index is 959. The van der Waals surface area contributed by atoms with Crippen molar-refractivity contribution in [1.29, 1.82) is 0 Å². The highest BCUT2D eigenvalue weighted by atomic mass is 32.2. The van der Waals surface area contributed by atoms with Crippen LogP contribution in [-0.2, 0) is 19.5 Å². The van der Waals surface area contributed by atoms with Gasteiger partial charge in [-0.05, 0) is 41.0 Å². The minimum Gasteiger partial charge on any atom is -0.497 e. The molecule has 0 N–H and O–H groups in total. The van der Waals surface area contributed by atoms with Gasteiger partial charge in [0.05, 0.1) is 13.7 Å². The molecule has 2 aromatic carbocycles. The van der Waals surface area contributed by atoms with Gasteiger partial charge >= 0.3 is 6.03 Å². The minimum atomic E-state index is 0.158. The highest BCUT2D eigenvalue weighted by Gasteiger charge is 2.27. The number of thioether (sulfide) groups is 1. The second kappa shape index (κ2) is 9.01. The largest absolute Gasteiger partial charge is 0.497 e. The van der Waals surface area contributed by atoms with Gasteiger partial charge in [-0.2, -0.15) is 0 Å². The van der Waals surface area contributed by atoms with Gasteiger partial charge in [0.15, 0.2) is 0 Å². The number of carbonyl (C=O) groups excluding carboxylic acids is 1. The van der Waals surface area contributed by atoms with Crippen LogP contribution in [0.1, 0.15) is 16.7 Å². The van der Waals surface area contributed by atoms with Crippen molar-refractivity contribution in [3.8, 4) is 11.5 Å². The standard InChI is InChI=1S/C24H29N3O3S/c1-29-21-3-5-23-20(15-21)17-27(11-13-31-23)24(28)26-9-7-25(8-10-26)16-18-2-4-22-19(14-18)6-12-30-22/h2-5,14-15H,6-13,16-17H2,1H3. The lowest BCUT2D eigenvalue weighted by molar-refractivity contribution is 0.109. The third-order valence-electron chi connectivity index (χ3n) is 6.32. The van der Waals surface area contributed by atoms with Crippen molar-refractivity contribution in [2.24, 2.45) is 0 Å². The number of hydrogen-bond donors (Lipinski definition) is 0. The number of piperazine rings is 1. The van der Waals surface area contributed by atoms with Crippen LogP contribution in [0, 0.1) is 0 Å². The zero-order chi connectivity index (χ0) is 21.2. The summed E-state index contributed by atoms with van der Waals surface area (Å²) < 4.78 is 11.0. The summed E-state index contributed by atoms with van der Waals surface area (Å²) in [6.45, 7) is 6.53. The third kappa shape index (κ3) is 4.48. The number of amides is 2. The highest BCUT2D eigenvalue weighted by Crippen LogP contribution is 2.31. The molecule has 2 amide bonds. The SMILES string of the molecule is COc1ccc2c(c1)CN(C(=O)N1CCN(Cc3ccc4c(c3)CCO4)CC1)CCS2. The van der Waals surface area contributed by atoms with E-state index in [0.29, 0.717) is 6.54 Å². The number of urea groups is 1. The molecule has 3 aliphatic heterocycles. The summed E-state index contributed by atoms with van der Waals surface area (Å²) in [7, 11) is 1.69. The fourth-order valence-electron chi connectivity index (χ4n) is 4.55. The van der Waals surface area contributed by atoms with Gasteiger partial charge in [-0.3, -0.25) is 4.90 Å². The van der Waals surface area contributed by atoms with E-state index in [1.807, 2.05) is 27.6 Å². The average Bonchev–Trinajstić information content (AvgIpc) is 3.16. The highest BCUT2D eigenvalue weighted by molar-refractivity contribution is 7.99. The van der Waals surface area contributed by atoms with E-state index in [0.717, 1.165) is 69.5 Å². The van der Waals surface area contributed by atoms with Crippen molar-refractivity contribution in [3.63, 3.8) is 0 Å². The van der Waals surface area contributed by atoms with Crippen molar-refractivity contribution >= 4 is 17.8 Å². The number of carbonyl (C=O) groups is 1. The molecule has 164 valence electrons. The van der Waals surface area contributed by atoms with Crippen LogP contribution >= 0.6 is 11.8 Å². The Hall–Kier alpha value is -2.38. The van der Waals surface area contributed by atoms with Crippen LogP contribution in [0.15, 0.2) is 41.3 Å². The molecule has 0 radical (unpaired) electrons. The van der Waals surface area contributed by atoms with E-state index in [9.17, 15) is 4.79 Å². The minimum absolute atomic E-state index is 0.158. The number of ether oxygens (including phenoxy) is 2. The molecule has 3 heterocycles. The van der Waals surface area contributed by atoms with Crippen LogP contribution < -0.4 is 9.47 Å². The molecule has 2 aromatic rings. The van der Waals surface area contributed by atoms with Crippen LogP contribution in [-0.4, -0.2) is 72.9 Å². The summed E-state index contributed by atoms with van der Waals surface area (Å²) in [5.74, 6) is 2.81. The molecule has 5 rings (SSSR count). The Morgan fingerprint density at radius 1 is 1.03 bits per heavy atom. The fourth-order valence-corrected chi connectivity index (χ4v) is 5.56. The molecule has 0 aromatic heterocycles. The zero-order valence-corrected chi connectivity index (χ0v) is 18.8. The van der Waals surface area contributed by atoms with E-state index in [2.05, 4.69) is 35.2 Å². The lowest BCUT2D eigenvalue weighted by Crippen LogP contribution is -2.52. The molecule has 1 saturated heterocycles. The number of benzene rings is 2. The predicted molar refractivity (Wildman–Crippen MR) is 122 cm³/mol. The zero-order valence-electron chi connectivity index (χ0n) is 18.0. The summed E-state index contributed by atoms with van der Waals surface area (Å²) in [6.07, 6.45) is 1.01. The van der Waals surface area contributed by atoms with E-state index in [-0.39, 0.29) is 6.03 Å². The normalized spacial score (nSPS) is 18.7. The molecule has 0 unspecified atom stereocenters. The van der Waals surface area contributed by atoms with Crippen molar-refractivity contribution < 1.29 is 14.3 Å². The maximum absolute atomic E-state index is 13.2. The van der Waals surface area contributed by atoms with Crippen LogP contribution in [0.25, 0.3) is 0 Å². The summed E-state index contributed by atoms with van der Waals surface area (Å²) in [4.78, 5) is 20.9. The van der Waals surface area contributed by atoms with E-state index < -0.39 is 0 Å². The Morgan fingerprint density at radius 3 is 2.74 bits per heavy atom. The maximum Gasteiger partial charge on any atom is 0.320 e. The van der Waals surface area contributed by atoms with Crippen molar-refractivity contribution in [2.45, 2.75) is 24.4 Å². The lowest BCUT2D eigenvalue weighted by atomic mass is 10.1. The molecule has 0 bridgehead atoms. The van der Waals surface area contributed by atoms with Gasteiger partial charge in [0.25, 0.3) is 0 Å². The van der Waals surface area contributed by atoms with E-state index in [4.69, 9.17) is 9.47 Å². The van der Waals surface area contributed by atoms with E-state index in [1.54, 1.807) is 7.11 Å². The van der Waals surface area contributed by atoms with Crippen molar-refractivity contribution in [3.05, 3.63) is 53.1 Å². The first-order valence-corrected chi connectivity index (χ1v) is 12.0. The monoisotopic (exact) mass is 439 g/mol. The summed E-state index contributed by atoms with van der Waals surface area (Å²) in [5, 5.41) is 0. The van der Waals surface area contributed by atoms with Gasteiger partial charge in [0.2, 0.25) is 0 Å².